The number of benzene rings is 1. The van der Waals surface area contributed by atoms with Gasteiger partial charge in [-0.3, -0.25) is 14.7 Å². The minimum Gasteiger partial charge on any atom is -0.447 e. The molecule has 1 aliphatic heterocycles. The van der Waals surface area contributed by atoms with Gasteiger partial charge in [-0.2, -0.15) is 0 Å². The Kier molecular flexibility index (Phi) is 4.23. The highest BCUT2D eigenvalue weighted by Gasteiger charge is 2.24. The third-order valence-corrected chi connectivity index (χ3v) is 3.65. The summed E-state index contributed by atoms with van der Waals surface area (Å²) in [6.07, 6.45) is 3.06. The first-order valence-corrected chi connectivity index (χ1v) is 7.34. The van der Waals surface area contributed by atoms with Crippen molar-refractivity contribution in [1.29, 1.82) is 0 Å². The average molecular weight is 311 g/mol. The van der Waals surface area contributed by atoms with Gasteiger partial charge in [0.25, 0.3) is 5.91 Å². The van der Waals surface area contributed by atoms with Crippen molar-refractivity contribution < 1.29 is 14.3 Å². The van der Waals surface area contributed by atoms with Gasteiger partial charge < -0.3 is 9.64 Å². The summed E-state index contributed by atoms with van der Waals surface area (Å²) in [4.78, 5) is 31.4. The van der Waals surface area contributed by atoms with Gasteiger partial charge in [0.1, 0.15) is 6.61 Å². The Morgan fingerprint density at radius 1 is 1.35 bits per heavy atom. The third-order valence-electron chi connectivity index (χ3n) is 3.65. The number of rotatable bonds is 4. The lowest BCUT2D eigenvalue weighted by Crippen LogP contribution is -2.27. The van der Waals surface area contributed by atoms with E-state index in [-0.39, 0.29) is 12.0 Å². The first-order chi connectivity index (χ1) is 11.1. The normalized spacial score (nSPS) is 13.8. The second-order valence-corrected chi connectivity index (χ2v) is 5.34. The Morgan fingerprint density at radius 3 is 2.91 bits per heavy atom. The topological polar surface area (TPSA) is 62.7 Å². The van der Waals surface area contributed by atoms with Crippen LogP contribution in [-0.2, 0) is 11.3 Å². The van der Waals surface area contributed by atoms with Crippen LogP contribution >= 0.6 is 0 Å². The number of aromatic nitrogens is 1. The smallest absolute Gasteiger partial charge is 0.414 e. The zero-order valence-electron chi connectivity index (χ0n) is 12.8. The van der Waals surface area contributed by atoms with Crippen LogP contribution in [0.25, 0.3) is 0 Å². The predicted molar refractivity (Wildman–Crippen MR) is 85.2 cm³/mol. The standard InChI is InChI=1S/C17H17N3O3/c1-19(12-13-4-3-7-18-11-13)16(21)14-5-2-6-15(10-14)20-8-9-23-17(20)22/h2-7,10-11H,8-9,12H2,1H3. The van der Waals surface area contributed by atoms with Crippen molar-refractivity contribution in [3.63, 3.8) is 0 Å². The summed E-state index contributed by atoms with van der Waals surface area (Å²) in [6.45, 7) is 1.35. The third kappa shape index (κ3) is 3.31. The molecule has 1 saturated heterocycles. The van der Waals surface area contributed by atoms with E-state index < -0.39 is 0 Å². The van der Waals surface area contributed by atoms with Crippen LogP contribution in [0.1, 0.15) is 15.9 Å². The molecule has 3 rings (SSSR count). The van der Waals surface area contributed by atoms with Gasteiger partial charge in [0, 0.05) is 37.2 Å². The van der Waals surface area contributed by atoms with Gasteiger partial charge in [0.2, 0.25) is 0 Å². The van der Waals surface area contributed by atoms with Crippen molar-refractivity contribution >= 4 is 17.7 Å². The maximum absolute atomic E-state index is 12.6. The van der Waals surface area contributed by atoms with E-state index in [1.165, 1.54) is 4.90 Å². The summed E-state index contributed by atoms with van der Waals surface area (Å²) in [7, 11) is 1.74. The highest BCUT2D eigenvalue weighted by atomic mass is 16.6. The zero-order valence-corrected chi connectivity index (χ0v) is 12.8. The number of hydrogen-bond donors (Lipinski definition) is 0. The van der Waals surface area contributed by atoms with E-state index in [1.54, 1.807) is 48.6 Å². The molecule has 6 heteroatoms. The molecule has 118 valence electrons. The number of anilines is 1. The van der Waals surface area contributed by atoms with Crippen LogP contribution in [0.4, 0.5) is 10.5 Å². The van der Waals surface area contributed by atoms with E-state index in [2.05, 4.69) is 4.98 Å². The molecule has 0 saturated carbocycles. The zero-order chi connectivity index (χ0) is 16.2. The molecule has 2 aromatic rings. The fraction of sp³-hybridized carbons (Fsp3) is 0.235. The van der Waals surface area contributed by atoms with E-state index >= 15 is 0 Å². The molecule has 1 fully saturated rings. The fourth-order valence-corrected chi connectivity index (χ4v) is 2.49. The number of ether oxygens (including phenoxy) is 1. The summed E-state index contributed by atoms with van der Waals surface area (Å²) >= 11 is 0. The Hall–Kier alpha value is -2.89. The quantitative estimate of drug-likeness (QED) is 0.869. The van der Waals surface area contributed by atoms with Gasteiger partial charge in [-0.15, -0.1) is 0 Å². The predicted octanol–water partition coefficient (Wildman–Crippen LogP) is 2.31. The van der Waals surface area contributed by atoms with Gasteiger partial charge >= 0.3 is 6.09 Å². The van der Waals surface area contributed by atoms with Crippen LogP contribution in [0.15, 0.2) is 48.8 Å². The van der Waals surface area contributed by atoms with Crippen LogP contribution in [0, 0.1) is 0 Å². The summed E-state index contributed by atoms with van der Waals surface area (Å²) in [5.74, 6) is -0.108. The monoisotopic (exact) mass is 311 g/mol. The van der Waals surface area contributed by atoms with Gasteiger partial charge in [-0.05, 0) is 29.8 Å². The van der Waals surface area contributed by atoms with Crippen LogP contribution < -0.4 is 4.90 Å². The van der Waals surface area contributed by atoms with Crippen molar-refractivity contribution in [2.75, 3.05) is 25.1 Å². The van der Waals surface area contributed by atoms with Crippen LogP contribution in [-0.4, -0.2) is 42.1 Å². The van der Waals surface area contributed by atoms with E-state index in [1.807, 2.05) is 12.1 Å². The molecule has 6 nitrogen and oxygen atoms in total. The maximum Gasteiger partial charge on any atom is 0.414 e. The average Bonchev–Trinajstić information content (AvgIpc) is 3.01. The summed E-state index contributed by atoms with van der Waals surface area (Å²) in [6, 6.07) is 10.8. The first-order valence-electron chi connectivity index (χ1n) is 7.34. The molecule has 0 N–H and O–H groups in total. The summed E-state index contributed by atoms with van der Waals surface area (Å²) in [5, 5.41) is 0. The van der Waals surface area contributed by atoms with Gasteiger partial charge in [0.15, 0.2) is 0 Å². The molecule has 0 atom stereocenters. The second-order valence-electron chi connectivity index (χ2n) is 5.34. The van der Waals surface area contributed by atoms with Gasteiger partial charge in [0.05, 0.1) is 6.54 Å². The van der Waals surface area contributed by atoms with Crippen LogP contribution in [0.3, 0.4) is 0 Å². The Morgan fingerprint density at radius 2 is 2.22 bits per heavy atom. The van der Waals surface area contributed by atoms with Crippen molar-refractivity contribution in [2.45, 2.75) is 6.54 Å². The van der Waals surface area contributed by atoms with Crippen LogP contribution in [0.2, 0.25) is 0 Å². The minimum atomic E-state index is -0.377. The lowest BCUT2D eigenvalue weighted by Gasteiger charge is -2.19. The number of hydrogen-bond acceptors (Lipinski definition) is 4. The molecule has 1 aromatic carbocycles. The Balaban J connectivity index is 1.75. The molecule has 2 amide bonds. The molecule has 1 aliphatic rings. The molecule has 0 bridgehead atoms. The molecule has 0 radical (unpaired) electrons. The Labute approximate surface area is 134 Å². The van der Waals surface area contributed by atoms with Crippen molar-refractivity contribution in [3.05, 3.63) is 59.9 Å². The van der Waals surface area contributed by atoms with Crippen LogP contribution in [0.5, 0.6) is 0 Å². The molecular formula is C17H17N3O3. The van der Waals surface area contributed by atoms with Crippen molar-refractivity contribution in [3.8, 4) is 0 Å². The molecule has 0 aliphatic carbocycles. The van der Waals surface area contributed by atoms with Crippen molar-refractivity contribution in [1.82, 2.24) is 9.88 Å². The number of pyridine rings is 1. The second kappa shape index (κ2) is 6.48. The number of carbonyl (C=O) groups excluding carboxylic acids is 2. The molecule has 0 unspecified atom stereocenters. The Bertz CT molecular complexity index is 718. The number of amides is 2. The molecule has 0 spiro atoms. The first kappa shape index (κ1) is 15.0. The van der Waals surface area contributed by atoms with E-state index in [0.29, 0.717) is 30.9 Å². The highest BCUT2D eigenvalue weighted by Crippen LogP contribution is 2.21. The molecule has 1 aromatic heterocycles. The molecule has 2 heterocycles. The maximum atomic E-state index is 12.6. The van der Waals surface area contributed by atoms with E-state index in [0.717, 1.165) is 5.56 Å². The lowest BCUT2D eigenvalue weighted by molar-refractivity contribution is 0.0785. The number of carbonyl (C=O) groups is 2. The summed E-state index contributed by atoms with van der Waals surface area (Å²) in [5.41, 5.74) is 2.17. The van der Waals surface area contributed by atoms with E-state index in [9.17, 15) is 9.59 Å². The number of cyclic esters (lactones) is 1. The SMILES string of the molecule is CN(Cc1cccnc1)C(=O)c1cccc(N2CCOC2=O)c1. The van der Waals surface area contributed by atoms with E-state index in [4.69, 9.17) is 4.74 Å². The molecule has 23 heavy (non-hydrogen) atoms. The highest BCUT2D eigenvalue weighted by molar-refractivity contribution is 5.97. The minimum absolute atomic E-state index is 0.108. The van der Waals surface area contributed by atoms with Gasteiger partial charge in [-0.1, -0.05) is 12.1 Å². The van der Waals surface area contributed by atoms with Crippen molar-refractivity contribution in [2.24, 2.45) is 0 Å². The molecular weight excluding hydrogens is 294 g/mol. The number of nitrogens with zero attached hydrogens (tertiary/aromatic N) is 3. The fourth-order valence-electron chi connectivity index (χ4n) is 2.49. The summed E-state index contributed by atoms with van der Waals surface area (Å²) < 4.78 is 4.93. The largest absolute Gasteiger partial charge is 0.447 e. The lowest BCUT2D eigenvalue weighted by atomic mass is 10.1. The van der Waals surface area contributed by atoms with Gasteiger partial charge in [-0.25, -0.2) is 4.79 Å².